The van der Waals surface area contributed by atoms with Gasteiger partial charge in [0.05, 0.1) is 6.54 Å². The van der Waals surface area contributed by atoms with E-state index in [1.54, 1.807) is 0 Å². The number of hydrogen-bond donors (Lipinski definition) is 2. The summed E-state index contributed by atoms with van der Waals surface area (Å²) in [4.78, 5) is 12.5. The summed E-state index contributed by atoms with van der Waals surface area (Å²) in [5.74, 6) is -0.128. The molecule has 1 amide bonds. The molecule has 0 bridgehead atoms. The number of nitrogens with two attached hydrogens (primary N) is 1. The predicted octanol–water partition coefficient (Wildman–Crippen LogP) is 3.54. The van der Waals surface area contributed by atoms with Crippen molar-refractivity contribution in [2.24, 2.45) is 0 Å². The second-order valence-electron chi connectivity index (χ2n) is 5.88. The molecule has 2 aromatic carbocycles. The summed E-state index contributed by atoms with van der Waals surface area (Å²) in [5, 5.41) is 10.8. The number of carbonyl (C=O) groups excluding carboxylic acids is 1. The van der Waals surface area contributed by atoms with Gasteiger partial charge >= 0.3 is 0 Å². The molecule has 0 atom stereocenters. The fourth-order valence-corrected chi connectivity index (χ4v) is 2.76. The third-order valence-corrected chi connectivity index (χ3v) is 4.39. The second kappa shape index (κ2) is 7.06. The van der Waals surface area contributed by atoms with Gasteiger partial charge in [-0.3, -0.25) is 4.79 Å². The van der Waals surface area contributed by atoms with Crippen LogP contribution in [0.3, 0.4) is 0 Å². The number of aromatic nitrogens is 3. The summed E-state index contributed by atoms with van der Waals surface area (Å²) in [5.41, 5.74) is 10.1. The topological polar surface area (TPSA) is 85.8 Å². The molecule has 0 saturated heterocycles. The zero-order chi connectivity index (χ0) is 18.0. The fourth-order valence-electron chi connectivity index (χ4n) is 2.50. The van der Waals surface area contributed by atoms with Gasteiger partial charge in [0.1, 0.15) is 0 Å². The molecule has 3 N–H and O–H groups in total. The van der Waals surface area contributed by atoms with Crippen LogP contribution in [-0.2, 0) is 6.54 Å². The molecule has 0 unspecified atom stereocenters. The number of nitrogens with zero attached hydrogens (tertiary/aromatic N) is 3. The Hall–Kier alpha value is -2.67. The molecule has 1 aromatic heterocycles. The number of carbonyl (C=O) groups is 1. The fraction of sp³-hybridized carbons (Fsp3) is 0.167. The molecule has 0 aliphatic rings. The molecule has 0 spiro atoms. The Kier molecular flexibility index (Phi) is 4.85. The van der Waals surface area contributed by atoms with Crippen LogP contribution in [0.5, 0.6) is 0 Å². The van der Waals surface area contributed by atoms with Crippen molar-refractivity contribution >= 4 is 33.3 Å². The van der Waals surface area contributed by atoms with E-state index in [4.69, 9.17) is 5.73 Å². The average Bonchev–Trinajstić information content (AvgIpc) is 2.93. The van der Waals surface area contributed by atoms with Gasteiger partial charge in [-0.15, -0.1) is 5.10 Å². The lowest BCUT2D eigenvalue weighted by Gasteiger charge is -2.08. The molecule has 25 heavy (non-hydrogen) atoms. The van der Waals surface area contributed by atoms with Gasteiger partial charge in [0.15, 0.2) is 11.5 Å². The Morgan fingerprint density at radius 2 is 1.92 bits per heavy atom. The second-order valence-corrected chi connectivity index (χ2v) is 6.80. The quantitative estimate of drug-likeness (QED) is 0.702. The van der Waals surface area contributed by atoms with E-state index < -0.39 is 0 Å². The van der Waals surface area contributed by atoms with Gasteiger partial charge in [-0.05, 0) is 43.2 Å². The lowest BCUT2D eigenvalue weighted by molar-refractivity contribution is 0.102. The van der Waals surface area contributed by atoms with Crippen molar-refractivity contribution in [2.45, 2.75) is 20.4 Å². The predicted molar refractivity (Wildman–Crippen MR) is 102 cm³/mol. The van der Waals surface area contributed by atoms with Crippen LogP contribution in [0.25, 0.3) is 0 Å². The Morgan fingerprint density at radius 3 is 2.60 bits per heavy atom. The first-order chi connectivity index (χ1) is 11.9. The first-order valence-electron chi connectivity index (χ1n) is 7.76. The van der Waals surface area contributed by atoms with Crippen LogP contribution in [0.2, 0.25) is 0 Å². The molecule has 128 valence electrons. The highest BCUT2D eigenvalue weighted by Gasteiger charge is 2.18. The van der Waals surface area contributed by atoms with Crippen molar-refractivity contribution in [1.29, 1.82) is 0 Å². The highest BCUT2D eigenvalue weighted by Crippen LogP contribution is 2.19. The third-order valence-electron chi connectivity index (χ3n) is 3.86. The highest BCUT2D eigenvalue weighted by atomic mass is 79.9. The summed E-state index contributed by atoms with van der Waals surface area (Å²) in [6.07, 6.45) is 0. The first-order valence-corrected chi connectivity index (χ1v) is 8.55. The van der Waals surface area contributed by atoms with Gasteiger partial charge in [0, 0.05) is 10.2 Å². The van der Waals surface area contributed by atoms with Gasteiger partial charge in [-0.1, -0.05) is 51.0 Å². The third kappa shape index (κ3) is 3.88. The largest absolute Gasteiger partial charge is 0.382 e. The Bertz CT molecular complexity index is 918. The highest BCUT2D eigenvalue weighted by molar-refractivity contribution is 9.10. The zero-order valence-corrected chi connectivity index (χ0v) is 15.5. The van der Waals surface area contributed by atoms with E-state index in [9.17, 15) is 4.79 Å². The first kappa shape index (κ1) is 17.2. The van der Waals surface area contributed by atoms with Crippen molar-refractivity contribution in [3.8, 4) is 0 Å². The van der Waals surface area contributed by atoms with Crippen molar-refractivity contribution in [3.63, 3.8) is 0 Å². The van der Waals surface area contributed by atoms with Crippen LogP contribution >= 0.6 is 15.9 Å². The van der Waals surface area contributed by atoms with Crippen molar-refractivity contribution in [2.75, 3.05) is 11.1 Å². The Balaban J connectivity index is 1.77. The average molecular weight is 400 g/mol. The van der Waals surface area contributed by atoms with Gasteiger partial charge in [0.2, 0.25) is 0 Å². The number of amides is 1. The van der Waals surface area contributed by atoms with E-state index in [2.05, 4.69) is 31.6 Å². The summed E-state index contributed by atoms with van der Waals surface area (Å²) >= 11 is 3.40. The number of aryl methyl sites for hydroxylation is 2. The van der Waals surface area contributed by atoms with E-state index in [1.807, 2.05) is 56.3 Å². The minimum atomic E-state index is -0.369. The monoisotopic (exact) mass is 399 g/mol. The van der Waals surface area contributed by atoms with Crippen LogP contribution in [0.1, 0.15) is 27.2 Å². The number of nitrogens with one attached hydrogen (secondary N) is 1. The Labute approximate surface area is 154 Å². The maximum absolute atomic E-state index is 12.5. The molecular formula is C18H18BrN5O. The molecule has 0 aliphatic carbocycles. The smallest absolute Gasteiger partial charge is 0.280 e. The summed E-state index contributed by atoms with van der Waals surface area (Å²) in [7, 11) is 0. The van der Waals surface area contributed by atoms with Gasteiger partial charge in [0.25, 0.3) is 5.91 Å². The van der Waals surface area contributed by atoms with Crippen LogP contribution in [-0.4, -0.2) is 20.9 Å². The van der Waals surface area contributed by atoms with Crippen molar-refractivity contribution in [3.05, 3.63) is 69.3 Å². The molecule has 0 saturated carbocycles. The number of anilines is 2. The van der Waals surface area contributed by atoms with Gasteiger partial charge in [-0.2, -0.15) is 0 Å². The van der Waals surface area contributed by atoms with Crippen LogP contribution < -0.4 is 11.1 Å². The number of benzene rings is 2. The van der Waals surface area contributed by atoms with E-state index in [-0.39, 0.29) is 17.4 Å². The molecule has 0 aliphatic heterocycles. The van der Waals surface area contributed by atoms with E-state index in [0.717, 1.165) is 26.9 Å². The van der Waals surface area contributed by atoms with Gasteiger partial charge < -0.3 is 11.1 Å². The summed E-state index contributed by atoms with van der Waals surface area (Å²) in [6, 6.07) is 13.6. The van der Waals surface area contributed by atoms with E-state index >= 15 is 0 Å². The molecule has 3 rings (SSSR count). The number of hydrogen-bond acceptors (Lipinski definition) is 4. The van der Waals surface area contributed by atoms with Crippen molar-refractivity contribution < 1.29 is 4.79 Å². The molecule has 6 nitrogen and oxygen atoms in total. The maximum atomic E-state index is 12.5. The summed E-state index contributed by atoms with van der Waals surface area (Å²) in [6.45, 7) is 4.39. The molecule has 3 aromatic rings. The van der Waals surface area contributed by atoms with Crippen LogP contribution in [0.4, 0.5) is 11.5 Å². The number of rotatable bonds is 4. The Morgan fingerprint density at radius 1 is 1.20 bits per heavy atom. The molecule has 0 radical (unpaired) electrons. The normalized spacial score (nSPS) is 10.7. The molecule has 0 fully saturated rings. The maximum Gasteiger partial charge on any atom is 0.280 e. The van der Waals surface area contributed by atoms with Crippen LogP contribution in [0.15, 0.2) is 46.9 Å². The van der Waals surface area contributed by atoms with E-state index in [0.29, 0.717) is 6.54 Å². The number of halogens is 1. The molecule has 1 heterocycles. The standard InChI is InChI=1S/C18H18BrN5O/c1-11-3-8-15(12(2)9-11)21-18(25)16-17(20)24(23-22-16)10-13-4-6-14(19)7-5-13/h3-9H,10,20H2,1-2H3,(H,21,25). The minimum Gasteiger partial charge on any atom is -0.382 e. The van der Waals surface area contributed by atoms with Crippen LogP contribution in [0, 0.1) is 13.8 Å². The SMILES string of the molecule is Cc1ccc(NC(=O)c2nnn(Cc3ccc(Br)cc3)c2N)c(C)c1. The van der Waals surface area contributed by atoms with E-state index in [1.165, 1.54) is 4.68 Å². The molecular weight excluding hydrogens is 382 g/mol. The lowest BCUT2D eigenvalue weighted by Crippen LogP contribution is -2.16. The zero-order valence-electron chi connectivity index (χ0n) is 14.0. The van der Waals surface area contributed by atoms with Gasteiger partial charge in [-0.25, -0.2) is 4.68 Å². The summed E-state index contributed by atoms with van der Waals surface area (Å²) < 4.78 is 2.51. The van der Waals surface area contributed by atoms with Crippen molar-refractivity contribution in [1.82, 2.24) is 15.0 Å². The minimum absolute atomic E-state index is 0.122. The molecule has 7 heteroatoms. The lowest BCUT2D eigenvalue weighted by atomic mass is 10.1. The number of nitrogen functional groups attached to an aromatic ring is 1.